The molecule has 1 amide bonds. The summed E-state index contributed by atoms with van der Waals surface area (Å²) in [7, 11) is 0. The van der Waals surface area contributed by atoms with Gasteiger partial charge in [0.25, 0.3) is 11.5 Å². The van der Waals surface area contributed by atoms with E-state index in [1.54, 1.807) is 4.90 Å². The molecule has 1 aliphatic rings. The van der Waals surface area contributed by atoms with Crippen LogP contribution in [0, 0.1) is 5.92 Å². The summed E-state index contributed by atoms with van der Waals surface area (Å²) in [6.45, 7) is 1.36. The third-order valence-corrected chi connectivity index (χ3v) is 3.42. The van der Waals surface area contributed by atoms with Gasteiger partial charge in [-0.15, -0.1) is 0 Å². The Kier molecular flexibility index (Phi) is 4.21. The Balaban J connectivity index is 2.12. The molecule has 1 saturated heterocycles. The zero-order valence-corrected chi connectivity index (χ0v) is 10.6. The highest BCUT2D eigenvalue weighted by molar-refractivity contribution is 5.94. The van der Waals surface area contributed by atoms with Gasteiger partial charge < -0.3 is 15.1 Å². The van der Waals surface area contributed by atoms with Gasteiger partial charge in [-0.05, 0) is 25.2 Å². The molecule has 0 aromatic carbocycles. The number of amides is 1. The lowest BCUT2D eigenvalue weighted by molar-refractivity contribution is 0.0653. The number of piperidine rings is 1. The zero-order valence-electron chi connectivity index (χ0n) is 10.6. The number of aliphatic hydroxyl groups is 1. The fourth-order valence-corrected chi connectivity index (χ4v) is 2.50. The van der Waals surface area contributed by atoms with Crippen molar-refractivity contribution in [3.05, 3.63) is 28.0 Å². The molecule has 1 aromatic heterocycles. The van der Waals surface area contributed by atoms with Crippen LogP contribution >= 0.6 is 0 Å². The van der Waals surface area contributed by atoms with E-state index in [2.05, 4.69) is 4.98 Å². The van der Waals surface area contributed by atoms with Crippen molar-refractivity contribution in [1.29, 1.82) is 0 Å². The first-order valence-corrected chi connectivity index (χ1v) is 6.43. The Labute approximate surface area is 110 Å². The van der Waals surface area contributed by atoms with Gasteiger partial charge in [-0.3, -0.25) is 14.6 Å². The number of H-pyrrole nitrogens is 1. The summed E-state index contributed by atoms with van der Waals surface area (Å²) in [6.07, 6.45) is 2.58. The molecule has 1 aromatic rings. The number of pyridine rings is 1. The monoisotopic (exact) mass is 266 g/mol. The first-order chi connectivity index (χ1) is 9.10. The summed E-state index contributed by atoms with van der Waals surface area (Å²) in [4.78, 5) is 27.4. The second-order valence-electron chi connectivity index (χ2n) is 4.89. The SMILES string of the molecule is O=C(c1cc(O)[nH]c(=O)c1)N1CCCC(CCO)C1. The lowest BCUT2D eigenvalue weighted by Crippen LogP contribution is -2.40. The molecule has 6 nitrogen and oxygen atoms in total. The predicted molar refractivity (Wildman–Crippen MR) is 69.1 cm³/mol. The van der Waals surface area contributed by atoms with Crippen molar-refractivity contribution < 1.29 is 15.0 Å². The molecule has 0 saturated carbocycles. The zero-order chi connectivity index (χ0) is 13.8. The number of aliphatic hydroxyl groups excluding tert-OH is 1. The molecule has 104 valence electrons. The Bertz CT molecular complexity index is 510. The first kappa shape index (κ1) is 13.6. The second-order valence-corrected chi connectivity index (χ2v) is 4.89. The number of nitrogens with one attached hydrogen (secondary N) is 1. The molecule has 1 aliphatic heterocycles. The van der Waals surface area contributed by atoms with E-state index in [0.29, 0.717) is 25.4 Å². The van der Waals surface area contributed by atoms with Gasteiger partial charge in [-0.1, -0.05) is 0 Å². The van der Waals surface area contributed by atoms with E-state index < -0.39 is 5.56 Å². The molecule has 3 N–H and O–H groups in total. The molecule has 0 radical (unpaired) electrons. The highest BCUT2D eigenvalue weighted by atomic mass is 16.3. The smallest absolute Gasteiger partial charge is 0.254 e. The van der Waals surface area contributed by atoms with Gasteiger partial charge in [-0.25, -0.2) is 0 Å². The molecule has 2 rings (SSSR count). The third kappa shape index (κ3) is 3.35. The number of aromatic amines is 1. The fraction of sp³-hybridized carbons (Fsp3) is 0.538. The van der Waals surface area contributed by atoms with Crippen molar-refractivity contribution in [3.8, 4) is 5.88 Å². The molecule has 1 fully saturated rings. The summed E-state index contributed by atoms with van der Waals surface area (Å²) in [6, 6.07) is 2.46. The molecule has 0 aliphatic carbocycles. The van der Waals surface area contributed by atoms with Crippen molar-refractivity contribution >= 4 is 5.91 Å². The van der Waals surface area contributed by atoms with E-state index in [0.717, 1.165) is 12.8 Å². The molecular weight excluding hydrogens is 248 g/mol. The van der Waals surface area contributed by atoms with Crippen molar-refractivity contribution in [3.63, 3.8) is 0 Å². The number of carbonyl (C=O) groups is 1. The van der Waals surface area contributed by atoms with Gasteiger partial charge in [0.05, 0.1) is 5.56 Å². The van der Waals surface area contributed by atoms with Crippen LogP contribution < -0.4 is 5.56 Å². The highest BCUT2D eigenvalue weighted by Crippen LogP contribution is 2.21. The standard InChI is InChI=1S/C13H18N2O4/c16-5-3-9-2-1-4-15(8-9)13(19)10-6-11(17)14-12(18)7-10/h6-7,9,16H,1-5,8H2,(H2,14,17,18). The lowest BCUT2D eigenvalue weighted by Gasteiger charge is -2.32. The quantitative estimate of drug-likeness (QED) is 0.734. The van der Waals surface area contributed by atoms with Crippen LogP contribution in [0.2, 0.25) is 0 Å². The van der Waals surface area contributed by atoms with E-state index in [1.165, 1.54) is 12.1 Å². The van der Waals surface area contributed by atoms with E-state index in [1.807, 2.05) is 0 Å². The predicted octanol–water partition coefficient (Wildman–Crippen LogP) is 0.315. The van der Waals surface area contributed by atoms with Crippen molar-refractivity contribution in [2.75, 3.05) is 19.7 Å². The number of aromatic nitrogens is 1. The number of rotatable bonds is 3. The van der Waals surface area contributed by atoms with Gasteiger partial charge in [0, 0.05) is 31.8 Å². The fourth-order valence-electron chi connectivity index (χ4n) is 2.50. The van der Waals surface area contributed by atoms with Crippen LogP contribution in [0.1, 0.15) is 29.6 Å². The van der Waals surface area contributed by atoms with Gasteiger partial charge in [-0.2, -0.15) is 0 Å². The Hall–Kier alpha value is -1.82. The van der Waals surface area contributed by atoms with Crippen LogP contribution in [0.4, 0.5) is 0 Å². The van der Waals surface area contributed by atoms with Crippen molar-refractivity contribution in [2.45, 2.75) is 19.3 Å². The van der Waals surface area contributed by atoms with Crippen LogP contribution in [0.5, 0.6) is 5.88 Å². The molecule has 6 heteroatoms. The van der Waals surface area contributed by atoms with Gasteiger partial charge in [0.15, 0.2) is 5.88 Å². The van der Waals surface area contributed by atoms with E-state index in [9.17, 15) is 14.7 Å². The maximum absolute atomic E-state index is 12.3. The number of hydrogen-bond acceptors (Lipinski definition) is 4. The summed E-state index contributed by atoms with van der Waals surface area (Å²) < 4.78 is 0. The number of aromatic hydroxyl groups is 1. The van der Waals surface area contributed by atoms with Crippen LogP contribution in [-0.2, 0) is 0 Å². The molecule has 0 spiro atoms. The first-order valence-electron chi connectivity index (χ1n) is 6.43. The molecule has 2 heterocycles. The Morgan fingerprint density at radius 3 is 2.95 bits per heavy atom. The minimum atomic E-state index is -0.493. The molecular formula is C13H18N2O4. The number of hydrogen-bond donors (Lipinski definition) is 3. The maximum Gasteiger partial charge on any atom is 0.254 e. The topological polar surface area (TPSA) is 93.6 Å². The van der Waals surface area contributed by atoms with E-state index >= 15 is 0 Å². The average molecular weight is 266 g/mol. The highest BCUT2D eigenvalue weighted by Gasteiger charge is 2.24. The lowest BCUT2D eigenvalue weighted by atomic mass is 9.95. The molecule has 1 atom stereocenters. The van der Waals surface area contributed by atoms with E-state index in [-0.39, 0.29) is 24.0 Å². The molecule has 0 bridgehead atoms. The molecule has 19 heavy (non-hydrogen) atoms. The minimum Gasteiger partial charge on any atom is -0.494 e. The van der Waals surface area contributed by atoms with Crippen LogP contribution in [-0.4, -0.2) is 45.7 Å². The number of likely N-dealkylation sites (tertiary alicyclic amines) is 1. The van der Waals surface area contributed by atoms with E-state index in [4.69, 9.17) is 5.11 Å². The number of nitrogens with zero attached hydrogens (tertiary/aromatic N) is 1. The third-order valence-electron chi connectivity index (χ3n) is 3.42. The number of carbonyl (C=O) groups excluding carboxylic acids is 1. The maximum atomic E-state index is 12.3. The Morgan fingerprint density at radius 2 is 2.26 bits per heavy atom. The van der Waals surface area contributed by atoms with Crippen molar-refractivity contribution in [1.82, 2.24) is 9.88 Å². The minimum absolute atomic E-state index is 0.124. The Morgan fingerprint density at radius 1 is 1.47 bits per heavy atom. The van der Waals surface area contributed by atoms with Crippen LogP contribution in [0.25, 0.3) is 0 Å². The van der Waals surface area contributed by atoms with Gasteiger partial charge in [0.2, 0.25) is 0 Å². The second kappa shape index (κ2) is 5.88. The average Bonchev–Trinajstić information content (AvgIpc) is 2.37. The van der Waals surface area contributed by atoms with Crippen LogP contribution in [0.15, 0.2) is 16.9 Å². The summed E-state index contributed by atoms with van der Waals surface area (Å²) in [5, 5.41) is 18.3. The normalized spacial score (nSPS) is 19.4. The largest absolute Gasteiger partial charge is 0.494 e. The van der Waals surface area contributed by atoms with Crippen LogP contribution in [0.3, 0.4) is 0 Å². The van der Waals surface area contributed by atoms with Gasteiger partial charge >= 0.3 is 0 Å². The molecule has 1 unspecified atom stereocenters. The van der Waals surface area contributed by atoms with Gasteiger partial charge in [0.1, 0.15) is 0 Å². The summed E-state index contributed by atoms with van der Waals surface area (Å²) >= 11 is 0. The summed E-state index contributed by atoms with van der Waals surface area (Å²) in [5.41, 5.74) is -0.293. The van der Waals surface area contributed by atoms with Crippen molar-refractivity contribution in [2.24, 2.45) is 5.92 Å². The summed E-state index contributed by atoms with van der Waals surface area (Å²) in [5.74, 6) is -0.248.